The van der Waals surface area contributed by atoms with E-state index in [9.17, 15) is 4.79 Å². The van der Waals surface area contributed by atoms with Crippen molar-refractivity contribution < 1.29 is 9.53 Å². The SMILES string of the molecule is CCCCCCCCCCCCOC(=O)CCCCCCBr. The Morgan fingerprint density at radius 2 is 1.23 bits per heavy atom. The molecule has 0 saturated carbocycles. The molecule has 0 N–H and O–H groups in total. The van der Waals surface area contributed by atoms with Gasteiger partial charge in [-0.25, -0.2) is 0 Å². The third kappa shape index (κ3) is 18.0. The number of unbranched alkanes of at least 4 members (excludes halogenated alkanes) is 12. The number of alkyl halides is 1. The molecule has 0 heterocycles. The first kappa shape index (κ1) is 21.9. The average Bonchev–Trinajstić information content (AvgIpc) is 2.52. The van der Waals surface area contributed by atoms with Gasteiger partial charge in [-0.15, -0.1) is 0 Å². The summed E-state index contributed by atoms with van der Waals surface area (Å²) in [7, 11) is 0. The fraction of sp³-hybridized carbons (Fsp3) is 0.947. The molecule has 0 aliphatic heterocycles. The molecule has 0 bridgehead atoms. The Morgan fingerprint density at radius 1 is 0.727 bits per heavy atom. The predicted octanol–water partition coefficient (Wildman–Crippen LogP) is 6.80. The van der Waals surface area contributed by atoms with Crippen molar-refractivity contribution in [3.8, 4) is 0 Å². The van der Waals surface area contributed by atoms with E-state index < -0.39 is 0 Å². The van der Waals surface area contributed by atoms with Gasteiger partial charge in [0.2, 0.25) is 0 Å². The minimum atomic E-state index is -0.00485. The number of hydrogen-bond acceptors (Lipinski definition) is 2. The van der Waals surface area contributed by atoms with Crippen LogP contribution in [0, 0.1) is 0 Å². The van der Waals surface area contributed by atoms with Crippen molar-refractivity contribution in [1.29, 1.82) is 0 Å². The van der Waals surface area contributed by atoms with Gasteiger partial charge in [0.1, 0.15) is 0 Å². The molecule has 2 nitrogen and oxygen atoms in total. The third-order valence-corrected chi connectivity index (χ3v) is 4.59. The van der Waals surface area contributed by atoms with Crippen LogP contribution < -0.4 is 0 Å². The summed E-state index contributed by atoms with van der Waals surface area (Å²) in [6, 6.07) is 0. The molecule has 0 aliphatic rings. The lowest BCUT2D eigenvalue weighted by Crippen LogP contribution is -2.05. The van der Waals surface area contributed by atoms with E-state index in [1.54, 1.807) is 0 Å². The molecule has 0 fully saturated rings. The summed E-state index contributed by atoms with van der Waals surface area (Å²) < 4.78 is 5.27. The average molecular weight is 377 g/mol. The smallest absolute Gasteiger partial charge is 0.305 e. The molecular formula is C19H37BrO2. The van der Waals surface area contributed by atoms with Crippen LogP contribution in [0.5, 0.6) is 0 Å². The summed E-state index contributed by atoms with van der Waals surface area (Å²) in [4.78, 5) is 11.5. The van der Waals surface area contributed by atoms with Gasteiger partial charge in [0, 0.05) is 11.8 Å². The summed E-state index contributed by atoms with van der Waals surface area (Å²) >= 11 is 3.42. The third-order valence-electron chi connectivity index (χ3n) is 4.03. The van der Waals surface area contributed by atoms with Crippen LogP contribution in [0.2, 0.25) is 0 Å². The minimum Gasteiger partial charge on any atom is -0.466 e. The highest BCUT2D eigenvalue weighted by Gasteiger charge is 2.02. The van der Waals surface area contributed by atoms with Crippen molar-refractivity contribution >= 4 is 21.9 Å². The number of rotatable bonds is 17. The van der Waals surface area contributed by atoms with Crippen LogP contribution in [0.25, 0.3) is 0 Å². The zero-order valence-corrected chi connectivity index (χ0v) is 16.3. The zero-order chi connectivity index (χ0) is 16.3. The highest BCUT2D eigenvalue weighted by Crippen LogP contribution is 2.11. The first-order chi connectivity index (χ1) is 10.8. The lowest BCUT2D eigenvalue weighted by atomic mass is 10.1. The number of halogens is 1. The van der Waals surface area contributed by atoms with E-state index >= 15 is 0 Å². The topological polar surface area (TPSA) is 26.3 Å². The van der Waals surface area contributed by atoms with Gasteiger partial charge in [-0.3, -0.25) is 4.79 Å². The lowest BCUT2D eigenvalue weighted by molar-refractivity contribution is -0.143. The first-order valence-corrected chi connectivity index (χ1v) is 10.6. The maximum atomic E-state index is 11.5. The molecule has 0 spiro atoms. The van der Waals surface area contributed by atoms with Gasteiger partial charge in [0.15, 0.2) is 0 Å². The number of carbonyl (C=O) groups excluding carboxylic acids is 1. The van der Waals surface area contributed by atoms with Gasteiger partial charge in [-0.2, -0.15) is 0 Å². The van der Waals surface area contributed by atoms with Crippen LogP contribution in [-0.2, 0) is 9.53 Å². The molecule has 0 amide bonds. The van der Waals surface area contributed by atoms with E-state index in [2.05, 4.69) is 22.9 Å². The van der Waals surface area contributed by atoms with Crippen molar-refractivity contribution in [2.75, 3.05) is 11.9 Å². The number of ether oxygens (including phenoxy) is 1. The Hall–Kier alpha value is -0.0500. The lowest BCUT2D eigenvalue weighted by Gasteiger charge is -2.05. The van der Waals surface area contributed by atoms with Crippen LogP contribution in [0.3, 0.4) is 0 Å². The summed E-state index contributed by atoms with van der Waals surface area (Å²) in [6.07, 6.45) is 18.3. The van der Waals surface area contributed by atoms with Gasteiger partial charge in [0.25, 0.3) is 0 Å². The summed E-state index contributed by atoms with van der Waals surface area (Å²) in [6.45, 7) is 2.88. The number of hydrogen-bond donors (Lipinski definition) is 0. The van der Waals surface area contributed by atoms with E-state index in [1.807, 2.05) is 0 Å². The summed E-state index contributed by atoms with van der Waals surface area (Å²) in [5, 5.41) is 1.07. The molecule has 0 atom stereocenters. The van der Waals surface area contributed by atoms with Crippen LogP contribution in [0.4, 0.5) is 0 Å². The Morgan fingerprint density at radius 3 is 1.82 bits per heavy atom. The molecule has 0 unspecified atom stereocenters. The van der Waals surface area contributed by atoms with Gasteiger partial charge in [-0.1, -0.05) is 93.5 Å². The Bertz CT molecular complexity index is 231. The van der Waals surface area contributed by atoms with E-state index in [0.29, 0.717) is 13.0 Å². The Labute approximate surface area is 146 Å². The standard InChI is InChI=1S/C19H37BrO2/c1-2-3-4-5-6-7-8-9-12-15-18-22-19(21)16-13-10-11-14-17-20/h2-18H2,1H3. The van der Waals surface area contributed by atoms with Crippen molar-refractivity contribution in [2.45, 2.75) is 103 Å². The van der Waals surface area contributed by atoms with E-state index in [4.69, 9.17) is 4.74 Å². The second kappa shape index (κ2) is 19.0. The molecule has 0 aromatic carbocycles. The number of esters is 1. The van der Waals surface area contributed by atoms with Crippen LogP contribution in [-0.4, -0.2) is 17.9 Å². The number of carbonyl (C=O) groups is 1. The molecule has 0 aliphatic carbocycles. The van der Waals surface area contributed by atoms with E-state index in [1.165, 1.54) is 70.6 Å². The van der Waals surface area contributed by atoms with Crippen molar-refractivity contribution in [2.24, 2.45) is 0 Å². The molecule has 22 heavy (non-hydrogen) atoms. The second-order valence-electron chi connectivity index (χ2n) is 6.26. The molecule has 0 saturated heterocycles. The summed E-state index contributed by atoms with van der Waals surface area (Å²) in [5.74, 6) is -0.00485. The fourth-order valence-corrected chi connectivity index (χ4v) is 2.96. The van der Waals surface area contributed by atoms with Crippen molar-refractivity contribution in [3.05, 3.63) is 0 Å². The van der Waals surface area contributed by atoms with Gasteiger partial charge in [-0.05, 0) is 19.3 Å². The molecule has 0 aromatic heterocycles. The molecule has 0 rings (SSSR count). The second-order valence-corrected chi connectivity index (χ2v) is 7.05. The van der Waals surface area contributed by atoms with Crippen LogP contribution >= 0.6 is 15.9 Å². The van der Waals surface area contributed by atoms with Gasteiger partial charge < -0.3 is 4.74 Å². The van der Waals surface area contributed by atoms with Crippen molar-refractivity contribution in [1.82, 2.24) is 0 Å². The fourth-order valence-electron chi connectivity index (χ4n) is 2.57. The zero-order valence-electron chi connectivity index (χ0n) is 14.7. The predicted molar refractivity (Wildman–Crippen MR) is 99.7 cm³/mol. The van der Waals surface area contributed by atoms with Gasteiger partial charge >= 0.3 is 5.97 Å². The Kier molecular flexibility index (Phi) is 19.0. The largest absolute Gasteiger partial charge is 0.466 e. The first-order valence-electron chi connectivity index (χ1n) is 9.52. The molecule has 0 radical (unpaired) electrons. The molecule has 132 valence electrons. The molecular weight excluding hydrogens is 340 g/mol. The monoisotopic (exact) mass is 376 g/mol. The highest BCUT2D eigenvalue weighted by atomic mass is 79.9. The van der Waals surface area contributed by atoms with Crippen molar-refractivity contribution in [3.63, 3.8) is 0 Å². The maximum absolute atomic E-state index is 11.5. The molecule has 3 heteroatoms. The highest BCUT2D eigenvalue weighted by molar-refractivity contribution is 9.09. The quantitative estimate of drug-likeness (QED) is 0.158. The van der Waals surface area contributed by atoms with Crippen LogP contribution in [0.1, 0.15) is 103 Å². The van der Waals surface area contributed by atoms with Crippen LogP contribution in [0.15, 0.2) is 0 Å². The summed E-state index contributed by atoms with van der Waals surface area (Å²) in [5.41, 5.74) is 0. The minimum absolute atomic E-state index is 0.00485. The maximum Gasteiger partial charge on any atom is 0.305 e. The van der Waals surface area contributed by atoms with Gasteiger partial charge in [0.05, 0.1) is 6.61 Å². The van der Waals surface area contributed by atoms with E-state index in [0.717, 1.165) is 24.6 Å². The molecule has 0 aromatic rings. The van der Waals surface area contributed by atoms with E-state index in [-0.39, 0.29) is 5.97 Å². The Balaban J connectivity index is 3.10. The normalized spacial score (nSPS) is 10.8.